The van der Waals surface area contributed by atoms with E-state index in [1.165, 1.54) is 4.90 Å². The fourth-order valence-electron chi connectivity index (χ4n) is 3.11. The fraction of sp³-hybridized carbons (Fsp3) is 0.211. The van der Waals surface area contributed by atoms with Crippen molar-refractivity contribution in [2.45, 2.75) is 19.5 Å². The number of amides is 3. The van der Waals surface area contributed by atoms with Crippen molar-refractivity contribution in [3.63, 3.8) is 0 Å². The molecule has 1 saturated heterocycles. The van der Waals surface area contributed by atoms with Gasteiger partial charge in [-0.1, -0.05) is 24.3 Å². The zero-order valence-electron chi connectivity index (χ0n) is 14.0. The average Bonchev–Trinajstić information content (AvgIpc) is 3.14. The van der Waals surface area contributed by atoms with Gasteiger partial charge < -0.3 is 9.88 Å². The van der Waals surface area contributed by atoms with Crippen molar-refractivity contribution in [2.24, 2.45) is 0 Å². The molecule has 2 aromatic heterocycles. The minimum Gasteiger partial charge on any atom is -0.322 e. The van der Waals surface area contributed by atoms with Gasteiger partial charge >= 0.3 is 6.03 Å². The molecule has 0 bridgehead atoms. The van der Waals surface area contributed by atoms with Crippen molar-refractivity contribution >= 4 is 34.2 Å². The number of pyridine rings is 1. The van der Waals surface area contributed by atoms with Crippen LogP contribution in [0.2, 0.25) is 0 Å². The number of rotatable bonds is 4. The molecule has 1 aliphatic rings. The highest BCUT2D eigenvalue weighted by atomic mass is 32.1. The number of hydrogen-bond donors (Lipinski definition) is 1. The highest BCUT2D eigenvalue weighted by Gasteiger charge is 2.32. The van der Waals surface area contributed by atoms with Crippen LogP contribution in [0, 0.1) is 0 Å². The van der Waals surface area contributed by atoms with Gasteiger partial charge in [-0.3, -0.25) is 14.5 Å². The quantitative estimate of drug-likeness (QED) is 0.770. The number of nitrogens with one attached hydrogen (secondary N) is 1. The maximum atomic E-state index is 12.8. The number of thiophene rings is 1. The molecule has 3 amide bonds. The first kappa shape index (κ1) is 16.5. The summed E-state index contributed by atoms with van der Waals surface area (Å²) in [6.45, 7) is 0.868. The predicted octanol–water partition coefficient (Wildman–Crippen LogP) is 2.94. The zero-order chi connectivity index (χ0) is 18.1. The molecule has 0 unspecified atom stereocenters. The Balaban J connectivity index is 1.59. The molecule has 0 spiro atoms. The minimum atomic E-state index is -0.345. The van der Waals surface area contributed by atoms with Crippen molar-refractivity contribution in [2.75, 3.05) is 6.54 Å². The third-order valence-electron chi connectivity index (χ3n) is 4.48. The standard InChI is InChI=1S/C19H17N3O3S/c23-17-7-8-21(12-15-5-3-9-26-15)19(25)22(17)11-14-10-13-4-1-2-6-16(13)20-18(14)24/h1-6,9-10H,7-8,11-12H2,(H,20,24). The van der Waals surface area contributed by atoms with Crippen LogP contribution in [0.15, 0.2) is 52.6 Å². The Labute approximate surface area is 153 Å². The SMILES string of the molecule is O=C1CCN(Cc2cccs2)C(=O)N1Cc1cc2ccccc2[nH]c1=O. The molecule has 26 heavy (non-hydrogen) atoms. The molecular weight excluding hydrogens is 350 g/mol. The lowest BCUT2D eigenvalue weighted by molar-refractivity contribution is -0.131. The summed E-state index contributed by atoms with van der Waals surface area (Å²) in [4.78, 5) is 44.1. The van der Waals surface area contributed by atoms with Gasteiger partial charge in [0.25, 0.3) is 5.56 Å². The van der Waals surface area contributed by atoms with Crippen LogP contribution in [0.25, 0.3) is 10.9 Å². The summed E-state index contributed by atoms with van der Waals surface area (Å²) in [5.74, 6) is -0.245. The molecule has 1 N–H and O–H groups in total. The number of H-pyrrole nitrogens is 1. The van der Waals surface area contributed by atoms with Crippen molar-refractivity contribution in [3.8, 4) is 0 Å². The lowest BCUT2D eigenvalue weighted by Gasteiger charge is -2.33. The van der Waals surface area contributed by atoms with Gasteiger partial charge in [0.2, 0.25) is 5.91 Å². The van der Waals surface area contributed by atoms with Gasteiger partial charge in [0.15, 0.2) is 0 Å². The van der Waals surface area contributed by atoms with Gasteiger partial charge in [-0.25, -0.2) is 4.79 Å². The first-order valence-electron chi connectivity index (χ1n) is 8.34. The van der Waals surface area contributed by atoms with E-state index >= 15 is 0 Å². The van der Waals surface area contributed by atoms with Crippen molar-refractivity contribution < 1.29 is 9.59 Å². The summed E-state index contributed by atoms with van der Waals surface area (Å²) < 4.78 is 0. The molecule has 0 atom stereocenters. The van der Waals surface area contributed by atoms with E-state index in [0.29, 0.717) is 18.7 Å². The predicted molar refractivity (Wildman–Crippen MR) is 99.9 cm³/mol. The Morgan fingerprint density at radius 1 is 1.04 bits per heavy atom. The van der Waals surface area contributed by atoms with E-state index < -0.39 is 0 Å². The molecule has 6 nitrogen and oxygen atoms in total. The van der Waals surface area contributed by atoms with Crippen molar-refractivity contribution in [3.05, 3.63) is 68.6 Å². The van der Waals surface area contributed by atoms with Crippen molar-refractivity contribution in [1.29, 1.82) is 0 Å². The molecule has 3 heterocycles. The van der Waals surface area contributed by atoms with Crippen LogP contribution < -0.4 is 5.56 Å². The summed E-state index contributed by atoms with van der Waals surface area (Å²) in [6.07, 6.45) is 0.266. The molecule has 3 aromatic rings. The monoisotopic (exact) mass is 367 g/mol. The second-order valence-corrected chi connectivity index (χ2v) is 7.26. The molecule has 132 valence electrons. The number of hydrogen-bond acceptors (Lipinski definition) is 4. The number of carbonyl (C=O) groups is 2. The molecule has 0 aliphatic carbocycles. The third-order valence-corrected chi connectivity index (χ3v) is 5.34. The van der Waals surface area contributed by atoms with E-state index in [2.05, 4.69) is 4.98 Å². The van der Waals surface area contributed by atoms with Crippen LogP contribution in [0.4, 0.5) is 4.79 Å². The Morgan fingerprint density at radius 3 is 2.69 bits per heavy atom. The van der Waals surface area contributed by atoms with Crippen LogP contribution in [0.3, 0.4) is 0 Å². The fourth-order valence-corrected chi connectivity index (χ4v) is 3.83. The van der Waals surface area contributed by atoms with E-state index in [1.807, 2.05) is 41.8 Å². The first-order chi connectivity index (χ1) is 12.6. The van der Waals surface area contributed by atoms with Crippen LogP contribution in [-0.2, 0) is 17.9 Å². The van der Waals surface area contributed by atoms with Crippen LogP contribution in [-0.4, -0.2) is 33.3 Å². The van der Waals surface area contributed by atoms with Gasteiger partial charge in [-0.2, -0.15) is 0 Å². The van der Waals surface area contributed by atoms with Crippen molar-refractivity contribution in [1.82, 2.24) is 14.8 Å². The highest BCUT2D eigenvalue weighted by molar-refractivity contribution is 7.09. The summed E-state index contributed by atoms with van der Waals surface area (Å²) >= 11 is 1.58. The lowest BCUT2D eigenvalue weighted by atomic mass is 10.1. The van der Waals surface area contributed by atoms with E-state index in [9.17, 15) is 14.4 Å². The normalized spacial score (nSPS) is 15.1. The summed E-state index contributed by atoms with van der Waals surface area (Å²) in [5.41, 5.74) is 0.861. The Hall–Kier alpha value is -2.93. The number of imide groups is 1. The van der Waals surface area contributed by atoms with Crippen LogP contribution in [0.1, 0.15) is 16.9 Å². The molecule has 0 saturated carbocycles. The second kappa shape index (κ2) is 6.76. The van der Waals surface area contributed by atoms with E-state index in [0.717, 1.165) is 15.8 Å². The third kappa shape index (κ3) is 3.13. The van der Waals surface area contributed by atoms with Gasteiger partial charge in [-0.15, -0.1) is 11.3 Å². The molecule has 7 heteroatoms. The Morgan fingerprint density at radius 2 is 1.88 bits per heavy atom. The molecule has 0 radical (unpaired) electrons. The topological polar surface area (TPSA) is 73.5 Å². The second-order valence-electron chi connectivity index (χ2n) is 6.22. The number of para-hydroxylation sites is 1. The Bertz CT molecular complexity index is 1030. The molecule has 1 aromatic carbocycles. The summed E-state index contributed by atoms with van der Waals surface area (Å²) in [6, 6.07) is 12.7. The van der Waals surface area contributed by atoms with Crippen LogP contribution >= 0.6 is 11.3 Å². The van der Waals surface area contributed by atoms with Gasteiger partial charge in [0.05, 0.1) is 13.1 Å². The molecule has 4 rings (SSSR count). The largest absolute Gasteiger partial charge is 0.327 e. The van der Waals surface area contributed by atoms with Crippen LogP contribution in [0.5, 0.6) is 0 Å². The lowest BCUT2D eigenvalue weighted by Crippen LogP contribution is -2.51. The number of urea groups is 1. The molecule has 1 aliphatic heterocycles. The Kier molecular flexibility index (Phi) is 4.30. The molecular formula is C19H17N3O3S. The maximum absolute atomic E-state index is 12.8. The van der Waals surface area contributed by atoms with Gasteiger partial charge in [0, 0.05) is 28.9 Å². The number of benzene rings is 1. The first-order valence-corrected chi connectivity index (χ1v) is 9.22. The van der Waals surface area contributed by atoms with E-state index in [-0.39, 0.29) is 30.5 Å². The number of nitrogens with zero attached hydrogens (tertiary/aromatic N) is 2. The molecule has 1 fully saturated rings. The number of fused-ring (bicyclic) bond motifs is 1. The zero-order valence-corrected chi connectivity index (χ0v) is 14.8. The number of aromatic amines is 1. The maximum Gasteiger partial charge on any atom is 0.327 e. The summed E-state index contributed by atoms with van der Waals surface area (Å²) in [7, 11) is 0. The highest BCUT2D eigenvalue weighted by Crippen LogP contribution is 2.19. The number of carbonyl (C=O) groups excluding carboxylic acids is 2. The minimum absolute atomic E-state index is 0.0151. The van der Waals surface area contributed by atoms with Gasteiger partial charge in [0.1, 0.15) is 0 Å². The van der Waals surface area contributed by atoms with E-state index in [1.54, 1.807) is 22.3 Å². The summed E-state index contributed by atoms with van der Waals surface area (Å²) in [5, 5.41) is 2.83. The smallest absolute Gasteiger partial charge is 0.322 e. The van der Waals surface area contributed by atoms with E-state index in [4.69, 9.17) is 0 Å². The van der Waals surface area contributed by atoms with Gasteiger partial charge in [-0.05, 0) is 29.0 Å². The number of aromatic nitrogens is 1. The average molecular weight is 367 g/mol.